The number of nitrogens with zero attached hydrogens (tertiary/aromatic N) is 3. The third kappa shape index (κ3) is 2.31. The molecule has 114 valence electrons. The van der Waals surface area contributed by atoms with Crippen LogP contribution in [0.25, 0.3) is 4.96 Å². The first-order chi connectivity index (χ1) is 9.93. The third-order valence-electron chi connectivity index (χ3n) is 3.90. The second kappa shape index (κ2) is 5.19. The predicted molar refractivity (Wildman–Crippen MR) is 81.3 cm³/mol. The molecular weight excluding hydrogens is 310 g/mol. The number of fused-ring (bicyclic) bond motifs is 1. The third-order valence-corrected chi connectivity index (χ3v) is 6.81. The van der Waals surface area contributed by atoms with Crippen LogP contribution in [0.3, 0.4) is 0 Å². The maximum absolute atomic E-state index is 12.9. The van der Waals surface area contributed by atoms with E-state index in [0.717, 1.165) is 19.3 Å². The van der Waals surface area contributed by atoms with E-state index in [1.54, 1.807) is 18.5 Å². The number of aromatic nitrogens is 2. The second-order valence-electron chi connectivity index (χ2n) is 5.35. The van der Waals surface area contributed by atoms with Crippen molar-refractivity contribution < 1.29 is 8.42 Å². The van der Waals surface area contributed by atoms with Crippen LogP contribution in [0.15, 0.2) is 21.3 Å². The van der Waals surface area contributed by atoms with E-state index in [9.17, 15) is 13.2 Å². The highest BCUT2D eigenvalue weighted by molar-refractivity contribution is 7.89. The van der Waals surface area contributed by atoms with Gasteiger partial charge in [0.2, 0.25) is 0 Å². The number of rotatable bonds is 2. The average molecular weight is 327 g/mol. The fourth-order valence-corrected chi connectivity index (χ4v) is 5.48. The van der Waals surface area contributed by atoms with Gasteiger partial charge in [-0.3, -0.25) is 9.20 Å². The van der Waals surface area contributed by atoms with E-state index in [0.29, 0.717) is 11.5 Å². The van der Waals surface area contributed by atoms with E-state index in [-0.39, 0.29) is 16.6 Å². The smallest absolute Gasteiger partial charge is 0.267 e. The summed E-state index contributed by atoms with van der Waals surface area (Å²) in [7, 11) is -3.80. The Labute approximate surface area is 127 Å². The zero-order valence-corrected chi connectivity index (χ0v) is 13.6. The molecule has 0 spiro atoms. The quantitative estimate of drug-likeness (QED) is 0.840. The Hall–Kier alpha value is -1.25. The van der Waals surface area contributed by atoms with Crippen molar-refractivity contribution in [3.63, 3.8) is 0 Å². The SMILES string of the molecule is Cc1nc2sccn2c(=O)c1S(=O)(=O)N1CCCC[C@@H]1C. The molecule has 1 fully saturated rings. The van der Waals surface area contributed by atoms with Gasteiger partial charge < -0.3 is 0 Å². The molecule has 0 bridgehead atoms. The lowest BCUT2D eigenvalue weighted by molar-refractivity contribution is 0.268. The number of aryl methyl sites for hydroxylation is 1. The first-order valence-electron chi connectivity index (χ1n) is 6.91. The molecule has 0 N–H and O–H groups in total. The number of piperidine rings is 1. The Kier molecular flexibility index (Phi) is 3.62. The number of sulfonamides is 1. The predicted octanol–water partition coefficient (Wildman–Crippen LogP) is 1.63. The molecule has 0 unspecified atom stereocenters. The first-order valence-corrected chi connectivity index (χ1v) is 9.23. The van der Waals surface area contributed by atoms with E-state index in [2.05, 4.69) is 4.98 Å². The maximum Gasteiger partial charge on any atom is 0.279 e. The highest BCUT2D eigenvalue weighted by Crippen LogP contribution is 2.25. The normalized spacial score (nSPS) is 21.0. The molecule has 3 rings (SSSR count). The van der Waals surface area contributed by atoms with Crippen molar-refractivity contribution in [1.29, 1.82) is 0 Å². The van der Waals surface area contributed by atoms with Crippen LogP contribution in [0, 0.1) is 6.92 Å². The van der Waals surface area contributed by atoms with Crippen molar-refractivity contribution in [1.82, 2.24) is 13.7 Å². The highest BCUT2D eigenvalue weighted by Gasteiger charge is 2.35. The number of thiazole rings is 1. The summed E-state index contributed by atoms with van der Waals surface area (Å²) in [5.74, 6) is 0. The first kappa shape index (κ1) is 14.7. The molecular formula is C13H17N3O3S2. The van der Waals surface area contributed by atoms with E-state index in [4.69, 9.17) is 0 Å². The fraction of sp³-hybridized carbons (Fsp3) is 0.538. The standard InChI is InChI=1S/C13H17N3O3S2/c1-9-5-3-4-6-16(9)21(18,19)11-10(2)14-13-15(12(11)17)7-8-20-13/h7-9H,3-6H2,1-2H3/t9-/m0/s1. The molecule has 1 aliphatic heterocycles. The van der Waals surface area contributed by atoms with Crippen LogP contribution in [0.1, 0.15) is 31.9 Å². The summed E-state index contributed by atoms with van der Waals surface area (Å²) < 4.78 is 28.5. The molecule has 0 amide bonds. The molecule has 2 aromatic rings. The van der Waals surface area contributed by atoms with E-state index in [1.165, 1.54) is 20.0 Å². The largest absolute Gasteiger partial charge is 0.279 e. The second-order valence-corrected chi connectivity index (χ2v) is 8.05. The van der Waals surface area contributed by atoms with Crippen LogP contribution >= 0.6 is 11.3 Å². The van der Waals surface area contributed by atoms with Gasteiger partial charge in [0.15, 0.2) is 9.86 Å². The van der Waals surface area contributed by atoms with Gasteiger partial charge in [-0.25, -0.2) is 13.4 Å². The van der Waals surface area contributed by atoms with Crippen LogP contribution in [0.2, 0.25) is 0 Å². The van der Waals surface area contributed by atoms with Gasteiger partial charge in [0.25, 0.3) is 15.6 Å². The minimum atomic E-state index is -3.80. The minimum absolute atomic E-state index is 0.0780. The zero-order valence-electron chi connectivity index (χ0n) is 11.9. The molecule has 6 nitrogen and oxygen atoms in total. The van der Waals surface area contributed by atoms with E-state index >= 15 is 0 Å². The summed E-state index contributed by atoms with van der Waals surface area (Å²) in [6.45, 7) is 3.94. The van der Waals surface area contributed by atoms with Gasteiger partial charge in [0, 0.05) is 24.2 Å². The highest BCUT2D eigenvalue weighted by atomic mass is 32.2. The number of hydrogen-bond donors (Lipinski definition) is 0. The van der Waals surface area contributed by atoms with Crippen LogP contribution < -0.4 is 5.56 Å². The molecule has 1 saturated heterocycles. The van der Waals surface area contributed by atoms with Crippen molar-refractivity contribution in [3.8, 4) is 0 Å². The van der Waals surface area contributed by atoms with Crippen LogP contribution in [0.5, 0.6) is 0 Å². The number of hydrogen-bond acceptors (Lipinski definition) is 5. The summed E-state index contributed by atoms with van der Waals surface area (Å²) in [5.41, 5.74) is -0.225. The van der Waals surface area contributed by atoms with Gasteiger partial charge in [0.1, 0.15) is 0 Å². The van der Waals surface area contributed by atoms with Crippen molar-refractivity contribution in [3.05, 3.63) is 27.6 Å². The molecule has 0 aromatic carbocycles. The molecule has 3 heterocycles. The molecule has 1 aliphatic rings. The van der Waals surface area contributed by atoms with Crippen molar-refractivity contribution in [2.45, 2.75) is 44.0 Å². The topological polar surface area (TPSA) is 71.8 Å². The lowest BCUT2D eigenvalue weighted by atomic mass is 10.1. The molecule has 2 aromatic heterocycles. The Balaban J connectivity index is 2.21. The summed E-state index contributed by atoms with van der Waals surface area (Å²) in [6, 6.07) is -0.0780. The lowest BCUT2D eigenvalue weighted by Crippen LogP contribution is -2.44. The van der Waals surface area contributed by atoms with Gasteiger partial charge in [-0.15, -0.1) is 11.3 Å². The molecule has 0 aliphatic carbocycles. The fourth-order valence-electron chi connectivity index (χ4n) is 2.81. The molecule has 0 radical (unpaired) electrons. The Morgan fingerprint density at radius 3 is 2.86 bits per heavy atom. The monoisotopic (exact) mass is 327 g/mol. The Bertz CT molecular complexity index is 838. The summed E-state index contributed by atoms with van der Waals surface area (Å²) >= 11 is 1.31. The van der Waals surface area contributed by atoms with Gasteiger partial charge in [0.05, 0.1) is 5.69 Å². The van der Waals surface area contributed by atoms with Gasteiger partial charge in [-0.2, -0.15) is 4.31 Å². The lowest BCUT2D eigenvalue weighted by Gasteiger charge is -2.32. The maximum atomic E-state index is 12.9. The molecule has 21 heavy (non-hydrogen) atoms. The Morgan fingerprint density at radius 1 is 1.38 bits per heavy atom. The zero-order chi connectivity index (χ0) is 15.2. The summed E-state index contributed by atoms with van der Waals surface area (Å²) in [4.78, 5) is 17.1. The Morgan fingerprint density at radius 2 is 2.14 bits per heavy atom. The average Bonchev–Trinajstić information content (AvgIpc) is 2.87. The van der Waals surface area contributed by atoms with Gasteiger partial charge in [-0.1, -0.05) is 6.42 Å². The van der Waals surface area contributed by atoms with Crippen LogP contribution in [0.4, 0.5) is 0 Å². The summed E-state index contributed by atoms with van der Waals surface area (Å²) in [5, 5.41) is 1.73. The van der Waals surface area contributed by atoms with Crippen molar-refractivity contribution in [2.24, 2.45) is 0 Å². The van der Waals surface area contributed by atoms with Gasteiger partial charge >= 0.3 is 0 Å². The van der Waals surface area contributed by atoms with Gasteiger partial charge in [-0.05, 0) is 26.7 Å². The summed E-state index contributed by atoms with van der Waals surface area (Å²) in [6.07, 6.45) is 4.24. The van der Waals surface area contributed by atoms with Crippen LogP contribution in [-0.4, -0.2) is 34.7 Å². The molecule has 0 saturated carbocycles. The van der Waals surface area contributed by atoms with E-state index in [1.807, 2.05) is 6.92 Å². The molecule has 1 atom stereocenters. The van der Waals surface area contributed by atoms with Crippen molar-refractivity contribution >= 4 is 26.3 Å². The minimum Gasteiger partial charge on any atom is -0.267 e. The van der Waals surface area contributed by atoms with E-state index < -0.39 is 15.6 Å². The van der Waals surface area contributed by atoms with Crippen LogP contribution in [-0.2, 0) is 10.0 Å². The van der Waals surface area contributed by atoms with Crippen molar-refractivity contribution in [2.75, 3.05) is 6.54 Å². The molecule has 8 heteroatoms.